The number of benzene rings is 1. The summed E-state index contributed by atoms with van der Waals surface area (Å²) in [7, 11) is 0. The predicted molar refractivity (Wildman–Crippen MR) is 134 cm³/mol. The van der Waals surface area contributed by atoms with E-state index in [4.69, 9.17) is 22.1 Å². The number of piperazine rings is 1. The van der Waals surface area contributed by atoms with Crippen molar-refractivity contribution in [3.05, 3.63) is 47.0 Å². The molecule has 4 N–H and O–H groups in total. The second-order valence-corrected chi connectivity index (χ2v) is 9.75. The van der Waals surface area contributed by atoms with Gasteiger partial charge < -0.3 is 26.0 Å². The van der Waals surface area contributed by atoms with E-state index in [-0.39, 0.29) is 6.03 Å². The fourth-order valence-electron chi connectivity index (χ4n) is 4.44. The van der Waals surface area contributed by atoms with Gasteiger partial charge in [0.15, 0.2) is 0 Å². The number of hydrogen-bond acceptors (Lipinski definition) is 7. The average Bonchev–Trinajstić information content (AvgIpc) is 3.37. The Balaban J connectivity index is 1.42. The highest BCUT2D eigenvalue weighted by atomic mass is 35.5. The van der Waals surface area contributed by atoms with E-state index in [0.717, 1.165) is 5.69 Å². The number of halogens is 1. The quantitative estimate of drug-likeness (QED) is 0.511. The van der Waals surface area contributed by atoms with E-state index in [0.29, 0.717) is 49.3 Å². The second-order valence-electron chi connectivity index (χ2n) is 9.31. The third-order valence-corrected chi connectivity index (χ3v) is 6.58. The molecule has 1 saturated heterocycles. The number of fused-ring (bicyclic) bond motifs is 1. The Morgan fingerprint density at radius 1 is 1.14 bits per heavy atom. The molecule has 13 nitrogen and oxygen atoms in total. The number of imidazole rings is 1. The Morgan fingerprint density at radius 3 is 2.38 bits per heavy atom. The number of aromatic nitrogens is 2. The van der Waals surface area contributed by atoms with Crippen molar-refractivity contribution in [1.82, 2.24) is 29.8 Å². The predicted octanol–water partition coefficient (Wildman–Crippen LogP) is 1.75. The Morgan fingerprint density at radius 2 is 1.78 bits per heavy atom. The maximum absolute atomic E-state index is 13.6. The number of rotatable bonds is 6. The number of ether oxygens (including phenoxy) is 1. The molecule has 0 spiro atoms. The van der Waals surface area contributed by atoms with Crippen LogP contribution in [0, 0.1) is 6.92 Å². The fourth-order valence-corrected chi connectivity index (χ4v) is 4.57. The molecule has 0 saturated carbocycles. The van der Waals surface area contributed by atoms with E-state index in [1.807, 2.05) is 5.01 Å². The second kappa shape index (κ2) is 10.3. The zero-order valence-electron chi connectivity index (χ0n) is 20.7. The summed E-state index contributed by atoms with van der Waals surface area (Å²) in [5, 5.41) is 9.28. The minimum Gasteiger partial charge on any atom is -0.441 e. The molecular formula is C23H29ClN8O5. The smallest absolute Gasteiger partial charge is 0.405 e. The summed E-state index contributed by atoms with van der Waals surface area (Å²) in [4.78, 5) is 56.4. The Hall–Kier alpha value is -3.84. The van der Waals surface area contributed by atoms with Crippen molar-refractivity contribution in [2.45, 2.75) is 39.0 Å². The number of carbonyl (C=O) groups excluding carboxylic acids is 4. The number of nitrogens with one attached hydrogen (secondary N) is 2. The lowest BCUT2D eigenvalue weighted by Crippen LogP contribution is -2.64. The zero-order chi connectivity index (χ0) is 26.9. The van der Waals surface area contributed by atoms with Crippen LogP contribution in [0.25, 0.3) is 0 Å². The van der Waals surface area contributed by atoms with Crippen molar-refractivity contribution in [3.8, 4) is 0 Å². The third kappa shape index (κ3) is 5.62. The Bertz CT molecular complexity index is 1210. The number of urea groups is 1. The topological polar surface area (TPSA) is 155 Å². The highest BCUT2D eigenvalue weighted by molar-refractivity contribution is 6.30. The van der Waals surface area contributed by atoms with Gasteiger partial charge in [-0.25, -0.2) is 28.9 Å². The molecule has 2 aliphatic heterocycles. The molecule has 37 heavy (non-hydrogen) atoms. The summed E-state index contributed by atoms with van der Waals surface area (Å²) in [6.45, 7) is 6.54. The first kappa shape index (κ1) is 26.2. The van der Waals surface area contributed by atoms with Crippen molar-refractivity contribution in [1.29, 1.82) is 0 Å². The van der Waals surface area contributed by atoms with Gasteiger partial charge in [0.2, 0.25) is 5.91 Å². The molecule has 0 aliphatic carbocycles. The van der Waals surface area contributed by atoms with Crippen LogP contribution in [0.2, 0.25) is 5.02 Å². The Labute approximate surface area is 218 Å². The van der Waals surface area contributed by atoms with Gasteiger partial charge in [0.1, 0.15) is 17.5 Å². The van der Waals surface area contributed by atoms with Crippen molar-refractivity contribution in [2.24, 2.45) is 5.73 Å². The van der Waals surface area contributed by atoms with E-state index in [1.54, 1.807) is 51.9 Å². The summed E-state index contributed by atoms with van der Waals surface area (Å²) in [5.41, 5.74) is 5.04. The number of hydrogen-bond donors (Lipinski definition) is 3. The summed E-state index contributed by atoms with van der Waals surface area (Å²) in [6.07, 6.45) is 0.605. The van der Waals surface area contributed by atoms with Gasteiger partial charge in [-0.3, -0.25) is 9.80 Å². The molecule has 0 bridgehead atoms. The first-order chi connectivity index (χ1) is 17.5. The third-order valence-electron chi connectivity index (χ3n) is 6.33. The van der Waals surface area contributed by atoms with Gasteiger partial charge >= 0.3 is 18.2 Å². The highest BCUT2D eigenvalue weighted by Crippen LogP contribution is 2.23. The molecule has 0 radical (unpaired) electrons. The summed E-state index contributed by atoms with van der Waals surface area (Å²) >= 11 is 5.88. The maximum Gasteiger partial charge on any atom is 0.405 e. The lowest BCUT2D eigenvalue weighted by atomic mass is 9.96. The number of carbonyl (C=O) groups is 4. The number of anilines is 1. The summed E-state index contributed by atoms with van der Waals surface area (Å²) in [5.74, 6) is 0.176. The standard InChI is InChI=1S/C23H29ClN8O5/c1-14-26-12-17-13-31(22(36)32(14)17)30-10-8-29(9-11-30)19(33)18(23(2,3)37-20(25)34)28-21(35)27-16-6-4-15(24)5-7-16/h4-7,12,18H,8-11,13H2,1-3H3,(H2,25,34)(H2,27,28,35). The highest BCUT2D eigenvalue weighted by Gasteiger charge is 2.43. The SMILES string of the molecule is Cc1ncc2n1C(=O)N(N1CCN(C(=O)C(NC(=O)Nc3ccc(Cl)cc3)C(C)(C)OC(N)=O)CC1)C2. The van der Waals surface area contributed by atoms with Crippen LogP contribution in [-0.4, -0.2) is 86.4 Å². The van der Waals surface area contributed by atoms with Gasteiger partial charge in [-0.1, -0.05) is 11.6 Å². The van der Waals surface area contributed by atoms with Gasteiger partial charge in [0.25, 0.3) is 0 Å². The zero-order valence-corrected chi connectivity index (χ0v) is 21.5. The van der Waals surface area contributed by atoms with Crippen LogP contribution in [0.5, 0.6) is 0 Å². The average molecular weight is 533 g/mol. The van der Waals surface area contributed by atoms with Crippen LogP contribution in [0.4, 0.5) is 20.1 Å². The number of primary amides is 1. The van der Waals surface area contributed by atoms with E-state index >= 15 is 0 Å². The molecule has 1 aromatic heterocycles. The lowest BCUT2D eigenvalue weighted by molar-refractivity contribution is -0.142. The number of aryl methyl sites for hydroxylation is 1. The van der Waals surface area contributed by atoms with Crippen molar-refractivity contribution in [3.63, 3.8) is 0 Å². The molecule has 198 valence electrons. The van der Waals surface area contributed by atoms with E-state index < -0.39 is 29.7 Å². The van der Waals surface area contributed by atoms with E-state index in [2.05, 4.69) is 15.6 Å². The number of nitrogens with two attached hydrogens (primary N) is 1. The lowest BCUT2D eigenvalue weighted by Gasteiger charge is -2.41. The van der Waals surface area contributed by atoms with Gasteiger partial charge in [0, 0.05) is 36.9 Å². The first-order valence-electron chi connectivity index (χ1n) is 11.7. The van der Waals surface area contributed by atoms with Gasteiger partial charge in [-0.05, 0) is 45.0 Å². The van der Waals surface area contributed by atoms with Crippen LogP contribution in [0.3, 0.4) is 0 Å². The minimum atomic E-state index is -1.45. The molecule has 14 heteroatoms. The maximum atomic E-state index is 13.6. The normalized spacial score (nSPS) is 16.8. The largest absolute Gasteiger partial charge is 0.441 e. The number of hydrazine groups is 1. The van der Waals surface area contributed by atoms with Crippen LogP contribution in [-0.2, 0) is 16.1 Å². The molecule has 2 aliphatic rings. The fraction of sp³-hybridized carbons (Fsp3) is 0.435. The molecule has 1 unspecified atom stereocenters. The van der Waals surface area contributed by atoms with Crippen molar-refractivity contribution < 1.29 is 23.9 Å². The monoisotopic (exact) mass is 532 g/mol. The Kier molecular flexibility index (Phi) is 7.28. The van der Waals surface area contributed by atoms with Gasteiger partial charge in [0.05, 0.1) is 18.4 Å². The van der Waals surface area contributed by atoms with Crippen LogP contribution in [0.1, 0.15) is 25.4 Å². The molecule has 1 aromatic carbocycles. The molecule has 2 aromatic rings. The minimum absolute atomic E-state index is 0.181. The molecule has 5 amide bonds. The van der Waals surface area contributed by atoms with Crippen molar-refractivity contribution >= 4 is 41.4 Å². The molecule has 1 atom stereocenters. The summed E-state index contributed by atoms with van der Waals surface area (Å²) < 4.78 is 6.76. The van der Waals surface area contributed by atoms with Crippen LogP contribution >= 0.6 is 11.6 Å². The molecule has 4 rings (SSSR count). The summed E-state index contributed by atoms with van der Waals surface area (Å²) in [6, 6.07) is 4.35. The first-order valence-corrected chi connectivity index (χ1v) is 12.0. The van der Waals surface area contributed by atoms with Gasteiger partial charge in [-0.2, -0.15) is 0 Å². The van der Waals surface area contributed by atoms with Crippen molar-refractivity contribution in [2.75, 3.05) is 31.5 Å². The van der Waals surface area contributed by atoms with Crippen LogP contribution in [0.15, 0.2) is 30.5 Å². The number of nitrogens with zero attached hydrogens (tertiary/aromatic N) is 5. The van der Waals surface area contributed by atoms with E-state index in [9.17, 15) is 19.2 Å². The molecule has 3 heterocycles. The van der Waals surface area contributed by atoms with E-state index in [1.165, 1.54) is 13.8 Å². The number of amides is 5. The van der Waals surface area contributed by atoms with Crippen LogP contribution < -0.4 is 16.4 Å². The molecular weight excluding hydrogens is 504 g/mol. The van der Waals surface area contributed by atoms with Gasteiger partial charge in [-0.15, -0.1) is 0 Å². The molecule has 1 fully saturated rings.